The van der Waals surface area contributed by atoms with Crippen LogP contribution in [0.3, 0.4) is 0 Å². The normalized spacial score (nSPS) is 41.2. The van der Waals surface area contributed by atoms with Gasteiger partial charge in [-0.15, -0.1) is 0 Å². The Bertz CT molecular complexity index is 416. The minimum atomic E-state index is -0.531. The zero-order valence-electron chi connectivity index (χ0n) is 10.7. The Hall–Kier alpha value is -1.07. The third kappa shape index (κ3) is 1.82. The molecule has 6 nitrogen and oxygen atoms in total. The fraction of sp³-hybridized carbons (Fsp3) is 0.833. The average molecular weight is 250 g/mol. The van der Waals surface area contributed by atoms with E-state index in [1.165, 1.54) is 0 Å². The topological polar surface area (TPSA) is 70.5 Å². The molecule has 0 spiro atoms. The highest BCUT2D eigenvalue weighted by Crippen LogP contribution is 2.42. The molecule has 3 aliphatic heterocycles. The quantitative estimate of drug-likeness (QED) is 0.325. The Kier molecular flexibility index (Phi) is 2.83. The molecule has 0 saturated carbocycles. The SMILES string of the molecule is CC1(C)O[C@@H]2[C@H](O1)[C@H](CN=[N+]=[N-])N1CC=CC[C@@H]21. The second-order valence-corrected chi connectivity index (χ2v) is 5.52. The van der Waals surface area contributed by atoms with E-state index < -0.39 is 5.79 Å². The van der Waals surface area contributed by atoms with Crippen molar-refractivity contribution in [1.82, 2.24) is 4.90 Å². The Morgan fingerprint density at radius 2 is 2.17 bits per heavy atom. The van der Waals surface area contributed by atoms with Gasteiger partial charge in [-0.2, -0.15) is 0 Å². The lowest BCUT2D eigenvalue weighted by Crippen LogP contribution is -2.45. The highest BCUT2D eigenvalue weighted by Gasteiger charge is 2.56. The monoisotopic (exact) mass is 250 g/mol. The highest BCUT2D eigenvalue weighted by molar-refractivity contribution is 5.12. The number of nitrogens with zero attached hydrogens (tertiary/aromatic N) is 4. The second-order valence-electron chi connectivity index (χ2n) is 5.52. The van der Waals surface area contributed by atoms with E-state index in [0.717, 1.165) is 13.0 Å². The van der Waals surface area contributed by atoms with Gasteiger partial charge in [-0.25, -0.2) is 0 Å². The molecule has 3 heterocycles. The van der Waals surface area contributed by atoms with Crippen molar-refractivity contribution in [3.63, 3.8) is 0 Å². The molecule has 2 fully saturated rings. The molecule has 0 radical (unpaired) electrons. The summed E-state index contributed by atoms with van der Waals surface area (Å²) in [7, 11) is 0. The van der Waals surface area contributed by atoms with Gasteiger partial charge in [0.05, 0.1) is 0 Å². The molecule has 0 bridgehead atoms. The molecule has 0 unspecified atom stereocenters. The molecule has 2 saturated heterocycles. The fourth-order valence-corrected chi connectivity index (χ4v) is 3.34. The smallest absolute Gasteiger partial charge is 0.163 e. The van der Waals surface area contributed by atoms with Gasteiger partial charge in [0.25, 0.3) is 0 Å². The summed E-state index contributed by atoms with van der Waals surface area (Å²) in [5.41, 5.74) is 8.52. The molecule has 0 aliphatic carbocycles. The van der Waals surface area contributed by atoms with E-state index in [0.29, 0.717) is 12.6 Å². The van der Waals surface area contributed by atoms with Crippen LogP contribution in [0.2, 0.25) is 0 Å². The van der Waals surface area contributed by atoms with Crippen LogP contribution in [0.15, 0.2) is 17.3 Å². The Labute approximate surface area is 106 Å². The van der Waals surface area contributed by atoms with E-state index in [1.54, 1.807) is 0 Å². The lowest BCUT2D eigenvalue weighted by molar-refractivity contribution is -0.166. The molecule has 0 aromatic carbocycles. The highest BCUT2D eigenvalue weighted by atomic mass is 16.8. The van der Waals surface area contributed by atoms with E-state index in [2.05, 4.69) is 27.1 Å². The van der Waals surface area contributed by atoms with Gasteiger partial charge in [0.2, 0.25) is 0 Å². The van der Waals surface area contributed by atoms with Crippen molar-refractivity contribution in [1.29, 1.82) is 0 Å². The van der Waals surface area contributed by atoms with Gasteiger partial charge in [-0.3, -0.25) is 4.90 Å². The van der Waals surface area contributed by atoms with Crippen LogP contribution < -0.4 is 0 Å². The van der Waals surface area contributed by atoms with Crippen LogP contribution in [0, 0.1) is 0 Å². The van der Waals surface area contributed by atoms with Crippen LogP contribution >= 0.6 is 0 Å². The third-order valence-electron chi connectivity index (χ3n) is 3.97. The fourth-order valence-electron chi connectivity index (χ4n) is 3.34. The van der Waals surface area contributed by atoms with Crippen molar-refractivity contribution >= 4 is 0 Å². The van der Waals surface area contributed by atoms with Crippen LogP contribution in [0.5, 0.6) is 0 Å². The summed E-state index contributed by atoms with van der Waals surface area (Å²) in [6, 6.07) is 0.475. The summed E-state index contributed by atoms with van der Waals surface area (Å²) in [6.45, 7) is 5.22. The summed E-state index contributed by atoms with van der Waals surface area (Å²) in [5, 5.41) is 3.73. The summed E-state index contributed by atoms with van der Waals surface area (Å²) in [5.74, 6) is -0.531. The molecule has 4 atom stereocenters. The van der Waals surface area contributed by atoms with Crippen molar-refractivity contribution in [3.05, 3.63) is 22.6 Å². The summed E-state index contributed by atoms with van der Waals surface area (Å²) in [4.78, 5) is 5.22. The zero-order chi connectivity index (χ0) is 12.8. The van der Waals surface area contributed by atoms with Crippen LogP contribution in [0.25, 0.3) is 10.4 Å². The van der Waals surface area contributed by atoms with E-state index in [-0.39, 0.29) is 18.2 Å². The molecule has 0 N–H and O–H groups in total. The van der Waals surface area contributed by atoms with Gasteiger partial charge in [-0.1, -0.05) is 17.3 Å². The van der Waals surface area contributed by atoms with Gasteiger partial charge in [0.1, 0.15) is 12.2 Å². The van der Waals surface area contributed by atoms with E-state index >= 15 is 0 Å². The van der Waals surface area contributed by atoms with Gasteiger partial charge < -0.3 is 9.47 Å². The van der Waals surface area contributed by atoms with Crippen LogP contribution in [0.1, 0.15) is 20.3 Å². The number of rotatable bonds is 2. The lowest BCUT2D eigenvalue weighted by atomic mass is 10.0. The first kappa shape index (κ1) is 12.0. The zero-order valence-corrected chi connectivity index (χ0v) is 10.7. The average Bonchev–Trinajstić information content (AvgIpc) is 2.78. The van der Waals surface area contributed by atoms with Crippen LogP contribution in [-0.2, 0) is 9.47 Å². The third-order valence-corrected chi connectivity index (χ3v) is 3.97. The molecule has 6 heteroatoms. The number of hydrogen-bond donors (Lipinski definition) is 0. The maximum Gasteiger partial charge on any atom is 0.163 e. The van der Waals surface area contributed by atoms with E-state index in [4.69, 9.17) is 15.0 Å². The predicted molar refractivity (Wildman–Crippen MR) is 65.9 cm³/mol. The predicted octanol–water partition coefficient (Wildman–Crippen LogP) is 1.83. The van der Waals surface area contributed by atoms with Crippen molar-refractivity contribution < 1.29 is 9.47 Å². The number of hydrogen-bond acceptors (Lipinski definition) is 4. The first-order valence-corrected chi connectivity index (χ1v) is 6.39. The van der Waals surface area contributed by atoms with Crippen LogP contribution in [-0.4, -0.2) is 48.1 Å². The standard InChI is InChI=1S/C12H18N4O2/c1-12(2)17-10-8-5-3-4-6-16(8)9(7-14-15-13)11(10)18-12/h3-4,8-11H,5-7H2,1-2H3/t8-,9-,10-,11+/m0/s1. The Balaban J connectivity index is 1.87. The summed E-state index contributed by atoms with van der Waals surface area (Å²) < 4.78 is 12.0. The first-order chi connectivity index (χ1) is 8.62. The molecular formula is C12H18N4O2. The minimum absolute atomic E-state index is 0.00963. The van der Waals surface area contributed by atoms with Crippen molar-refractivity contribution in [2.24, 2.45) is 5.11 Å². The Morgan fingerprint density at radius 1 is 1.39 bits per heavy atom. The van der Waals surface area contributed by atoms with Gasteiger partial charge in [-0.05, 0) is 25.8 Å². The molecule has 98 valence electrons. The lowest BCUT2D eigenvalue weighted by Gasteiger charge is -2.34. The van der Waals surface area contributed by atoms with Crippen molar-refractivity contribution in [2.75, 3.05) is 13.1 Å². The summed E-state index contributed by atoms with van der Waals surface area (Å²) in [6.07, 6.45) is 5.43. The van der Waals surface area contributed by atoms with Crippen molar-refractivity contribution in [2.45, 2.75) is 50.3 Å². The Morgan fingerprint density at radius 3 is 2.94 bits per heavy atom. The van der Waals surface area contributed by atoms with Crippen LogP contribution in [0.4, 0.5) is 0 Å². The number of fused-ring (bicyclic) bond motifs is 3. The molecule has 0 aromatic rings. The molecular weight excluding hydrogens is 232 g/mol. The largest absolute Gasteiger partial charge is 0.343 e. The molecule has 0 aromatic heterocycles. The maximum atomic E-state index is 8.52. The molecule has 3 rings (SSSR count). The molecule has 0 amide bonds. The van der Waals surface area contributed by atoms with Gasteiger partial charge in [0, 0.05) is 30.1 Å². The number of azide groups is 1. The van der Waals surface area contributed by atoms with E-state index in [9.17, 15) is 0 Å². The van der Waals surface area contributed by atoms with E-state index in [1.807, 2.05) is 13.8 Å². The van der Waals surface area contributed by atoms with Gasteiger partial charge >= 0.3 is 0 Å². The summed E-state index contributed by atoms with van der Waals surface area (Å²) >= 11 is 0. The second kappa shape index (κ2) is 4.24. The number of ether oxygens (including phenoxy) is 2. The van der Waals surface area contributed by atoms with Crippen molar-refractivity contribution in [3.8, 4) is 0 Å². The minimum Gasteiger partial charge on any atom is -0.343 e. The first-order valence-electron chi connectivity index (χ1n) is 6.39. The molecule has 18 heavy (non-hydrogen) atoms. The van der Waals surface area contributed by atoms with Gasteiger partial charge in [0.15, 0.2) is 5.79 Å². The maximum absolute atomic E-state index is 8.52. The molecule has 3 aliphatic rings.